The van der Waals surface area contributed by atoms with E-state index in [4.69, 9.17) is 44.2 Å². The molecule has 0 radical (unpaired) electrons. The van der Waals surface area contributed by atoms with Crippen molar-refractivity contribution < 1.29 is 57.3 Å². The molecule has 60 heavy (non-hydrogen) atoms. The summed E-state index contributed by atoms with van der Waals surface area (Å²) in [6.45, 7) is 4.69. The predicted octanol–water partition coefficient (Wildman–Crippen LogP) is 1.31. The lowest BCUT2D eigenvalue weighted by molar-refractivity contribution is -0.223. The van der Waals surface area contributed by atoms with E-state index in [-0.39, 0.29) is 12.8 Å². The van der Waals surface area contributed by atoms with E-state index in [1.54, 1.807) is 50.2 Å². The van der Waals surface area contributed by atoms with Crippen LogP contribution in [0.15, 0.2) is 48.5 Å². The lowest BCUT2D eigenvalue weighted by Gasteiger charge is -2.52. The molecule has 8 atom stereocenters. The highest BCUT2D eigenvalue weighted by Crippen LogP contribution is 2.73. The molecule has 4 amide bonds. The van der Waals surface area contributed by atoms with Gasteiger partial charge in [-0.1, -0.05) is 50.2 Å². The van der Waals surface area contributed by atoms with Gasteiger partial charge in [0.25, 0.3) is 23.6 Å². The number of amides is 4. The molecule has 0 aliphatic carbocycles. The molecule has 0 saturated carbocycles. The minimum atomic E-state index is -2.47. The summed E-state index contributed by atoms with van der Waals surface area (Å²) in [5, 5.41) is 6.95. The number of ether oxygens (including phenoxy) is 4. The number of benzene rings is 2. The first-order valence-corrected chi connectivity index (χ1v) is 20.1. The minimum absolute atomic E-state index is 0.236. The fraction of sp³-hybridized carbons (Fsp3) is 0.500. The number of likely N-dealkylation sites (N-methyl/N-ethyl adjacent to an activating group) is 2. The first kappa shape index (κ1) is 41.2. The Labute approximate surface area is 355 Å². The van der Waals surface area contributed by atoms with Crippen molar-refractivity contribution in [3.63, 3.8) is 0 Å². The molecule has 318 valence electrons. The fourth-order valence-corrected chi connectivity index (χ4v) is 11.6. The summed E-state index contributed by atoms with van der Waals surface area (Å²) in [5.41, 5.74) is -5.61. The van der Waals surface area contributed by atoms with Crippen LogP contribution >= 0.6 is 25.3 Å². The van der Waals surface area contributed by atoms with Gasteiger partial charge in [0.2, 0.25) is 0 Å². The maximum atomic E-state index is 15.6. The van der Waals surface area contributed by atoms with Crippen molar-refractivity contribution >= 4 is 84.1 Å². The molecule has 6 aliphatic heterocycles. The van der Waals surface area contributed by atoms with E-state index in [2.05, 4.69) is 10.6 Å². The van der Waals surface area contributed by atoms with Gasteiger partial charge in [-0.05, 0) is 23.3 Å². The number of carbonyl (C=O) groups excluding carboxylic acids is 8. The molecule has 2 aromatic carbocycles. The van der Waals surface area contributed by atoms with Gasteiger partial charge in [-0.15, -0.1) is 25.3 Å². The molecule has 2 N–H and O–H groups in total. The zero-order valence-electron chi connectivity index (χ0n) is 33.8. The van der Waals surface area contributed by atoms with Gasteiger partial charge >= 0.3 is 35.3 Å². The van der Waals surface area contributed by atoms with Crippen LogP contribution in [0.2, 0.25) is 0 Å². The Bertz CT molecular complexity index is 2330. The van der Waals surface area contributed by atoms with E-state index < -0.39 is 111 Å². The fourth-order valence-electron chi connectivity index (χ4n) is 10.4. The Morgan fingerprint density at radius 2 is 1.03 bits per heavy atom. The molecule has 2 aromatic rings. The van der Waals surface area contributed by atoms with Crippen molar-refractivity contribution in [3.05, 3.63) is 59.7 Å². The first-order chi connectivity index (χ1) is 28.1. The van der Waals surface area contributed by atoms with Crippen molar-refractivity contribution in [1.82, 2.24) is 19.6 Å². The van der Waals surface area contributed by atoms with Crippen molar-refractivity contribution in [2.75, 3.05) is 37.9 Å². The Morgan fingerprint density at radius 3 is 1.40 bits per heavy atom. The molecule has 6 heterocycles. The molecular formula is C40H44N6O12S2. The molecule has 20 heteroatoms. The molecule has 4 saturated heterocycles. The maximum Gasteiger partial charge on any atom is 0.311 e. The van der Waals surface area contributed by atoms with Crippen molar-refractivity contribution in [2.24, 2.45) is 5.92 Å². The van der Waals surface area contributed by atoms with Crippen LogP contribution in [0, 0.1) is 5.92 Å². The SMILES string of the molecule is CC(=O)OC[C@@]1(OC(C)=O)C(=O)N2[C@H]3Nc4ccccc4[C@@]3([C@]34C[C@]5(S)C(=O)N(C)[C@](COC(C)=O)(OC(=O)C(C)C)C(=O)N5[C@H]3Nc3ccccc34)C[C@]2(S)C(=O)N1C. The quantitative estimate of drug-likeness (QED) is 0.168. The first-order valence-electron chi connectivity index (χ1n) is 19.2. The highest BCUT2D eigenvalue weighted by Gasteiger charge is 2.85. The van der Waals surface area contributed by atoms with Crippen LogP contribution in [0.3, 0.4) is 0 Å². The normalized spacial score (nSPS) is 34.5. The van der Waals surface area contributed by atoms with Crippen LogP contribution in [0.1, 0.15) is 58.6 Å². The average Bonchev–Trinajstić information content (AvgIpc) is 3.86. The summed E-state index contributed by atoms with van der Waals surface area (Å²) in [4.78, 5) is 112. The Morgan fingerprint density at radius 1 is 0.650 bits per heavy atom. The number of nitrogens with one attached hydrogen (secondary N) is 2. The number of hydrogen-bond donors (Lipinski definition) is 4. The van der Waals surface area contributed by atoms with E-state index >= 15 is 19.2 Å². The third-order valence-electron chi connectivity index (χ3n) is 13.0. The van der Waals surface area contributed by atoms with Crippen LogP contribution in [0.5, 0.6) is 0 Å². The molecular weight excluding hydrogens is 821 g/mol. The van der Waals surface area contributed by atoms with E-state index in [1.165, 1.54) is 23.9 Å². The Hall–Kier alpha value is -5.50. The topological polar surface area (TPSA) is 210 Å². The van der Waals surface area contributed by atoms with Crippen molar-refractivity contribution in [3.8, 4) is 0 Å². The van der Waals surface area contributed by atoms with Crippen LogP contribution in [0.25, 0.3) is 0 Å². The molecule has 18 nitrogen and oxygen atoms in total. The molecule has 8 rings (SSSR count). The number of fused-ring (bicyclic) bond motifs is 11. The highest BCUT2D eigenvalue weighted by atomic mass is 32.1. The Balaban J connectivity index is 1.40. The second kappa shape index (κ2) is 13.2. The summed E-state index contributed by atoms with van der Waals surface area (Å²) >= 11 is 10.2. The van der Waals surface area contributed by atoms with Crippen LogP contribution in [0.4, 0.5) is 11.4 Å². The monoisotopic (exact) mass is 864 g/mol. The van der Waals surface area contributed by atoms with E-state index in [0.717, 1.165) is 30.6 Å². The number of piperazine rings is 2. The molecule has 4 fully saturated rings. The third kappa shape index (κ3) is 4.96. The summed E-state index contributed by atoms with van der Waals surface area (Å²) in [6.07, 6.45) is -2.91. The zero-order chi connectivity index (χ0) is 43.7. The third-order valence-corrected chi connectivity index (χ3v) is 14.1. The number of esters is 4. The molecule has 6 aliphatic rings. The second-order valence-corrected chi connectivity index (χ2v) is 18.0. The van der Waals surface area contributed by atoms with Crippen LogP contribution in [-0.4, -0.2) is 128 Å². The molecule has 0 aromatic heterocycles. The van der Waals surface area contributed by atoms with Crippen molar-refractivity contribution in [1.29, 1.82) is 0 Å². The number of hydrogen-bond acceptors (Lipinski definition) is 16. The van der Waals surface area contributed by atoms with E-state index in [9.17, 15) is 19.2 Å². The second-order valence-electron chi connectivity index (χ2n) is 16.5. The van der Waals surface area contributed by atoms with Gasteiger partial charge in [0.15, 0.2) is 23.0 Å². The van der Waals surface area contributed by atoms with Gasteiger partial charge in [-0.25, -0.2) is 0 Å². The largest absolute Gasteiger partial charge is 0.459 e. The van der Waals surface area contributed by atoms with Crippen LogP contribution < -0.4 is 10.6 Å². The van der Waals surface area contributed by atoms with Gasteiger partial charge in [0.1, 0.15) is 12.3 Å². The van der Waals surface area contributed by atoms with Crippen LogP contribution in [-0.2, 0) is 68.1 Å². The molecule has 0 spiro atoms. The average molecular weight is 865 g/mol. The van der Waals surface area contributed by atoms with Gasteiger partial charge in [0.05, 0.1) is 16.7 Å². The zero-order valence-corrected chi connectivity index (χ0v) is 35.6. The van der Waals surface area contributed by atoms with Crippen molar-refractivity contribution in [2.45, 2.75) is 91.8 Å². The lowest BCUT2D eigenvalue weighted by atomic mass is 9.54. The Kier molecular flexibility index (Phi) is 9.11. The van der Waals surface area contributed by atoms with Gasteiger partial charge in [-0.3, -0.25) is 58.0 Å². The number of para-hydroxylation sites is 2. The molecule has 0 unspecified atom stereocenters. The van der Waals surface area contributed by atoms with Gasteiger partial charge < -0.3 is 29.6 Å². The highest BCUT2D eigenvalue weighted by molar-refractivity contribution is 7.83. The lowest BCUT2D eigenvalue weighted by Crippen LogP contribution is -2.77. The number of thiol groups is 2. The van der Waals surface area contributed by atoms with E-state index in [0.29, 0.717) is 22.5 Å². The maximum absolute atomic E-state index is 15.6. The number of anilines is 2. The summed E-state index contributed by atoms with van der Waals surface area (Å²) < 4.78 is 22.3. The standard InChI is InChI=1S/C40H44N6O12S2/c1-20(2)28(50)58-38(19-56-22(4)48)32(52)46-30-36(17-40(46,60)34(54)44(38)7,25-13-9-11-15-27(25)42-30)35-16-39(59)33(53)43(6)37(57-23(5)49,18-55-21(3)47)31(51)45(39)29(35)41-26-14-10-8-12-24(26)35/h8-15,20,29-30,41-42,59-60H,16-19H2,1-7H3/t29-,30-,35+,36+,37-,38-,39+,40+/m1/s1. The molecule has 0 bridgehead atoms. The van der Waals surface area contributed by atoms with Gasteiger partial charge in [0, 0.05) is 59.1 Å². The predicted molar refractivity (Wildman–Crippen MR) is 214 cm³/mol. The number of nitrogens with zero attached hydrogens (tertiary/aromatic N) is 4. The summed E-state index contributed by atoms with van der Waals surface area (Å²) in [6, 6.07) is 14.4. The summed E-state index contributed by atoms with van der Waals surface area (Å²) in [7, 11) is 2.52. The number of rotatable bonds is 8. The minimum Gasteiger partial charge on any atom is -0.459 e. The van der Waals surface area contributed by atoms with Gasteiger partial charge in [-0.2, -0.15) is 0 Å². The smallest absolute Gasteiger partial charge is 0.311 e. The summed E-state index contributed by atoms with van der Waals surface area (Å²) in [5.74, 6) is -7.56. The van der Waals surface area contributed by atoms with E-state index in [1.807, 2.05) is 12.1 Å². The number of carbonyl (C=O) groups is 8.